The minimum atomic E-state index is 0.602. The van der Waals surface area contributed by atoms with Gasteiger partial charge in [-0.15, -0.1) is 0 Å². The Labute approximate surface area is 124 Å². The Bertz CT molecular complexity index is 458. The molecule has 8 nitrogen and oxygen atoms in total. The van der Waals surface area contributed by atoms with Crippen molar-refractivity contribution in [1.29, 1.82) is 0 Å². The van der Waals surface area contributed by atoms with Crippen LogP contribution in [0.2, 0.25) is 0 Å². The molecule has 3 rings (SSSR count). The van der Waals surface area contributed by atoms with Crippen molar-refractivity contribution in [2.75, 3.05) is 61.6 Å². The smallest absolute Gasteiger partial charge is 0.244 e. The third-order valence-electron chi connectivity index (χ3n) is 3.62. The second-order valence-electron chi connectivity index (χ2n) is 5.22. The zero-order chi connectivity index (χ0) is 14.5. The number of hydrazine groups is 1. The van der Waals surface area contributed by atoms with Crippen LogP contribution < -0.4 is 15.6 Å². The molecule has 2 aliphatic rings. The summed E-state index contributed by atoms with van der Waals surface area (Å²) in [4.78, 5) is 15.7. The van der Waals surface area contributed by atoms with Crippen LogP contribution in [-0.2, 0) is 4.74 Å². The molecule has 0 saturated carbocycles. The Morgan fingerprint density at radius 3 is 2.43 bits per heavy atom. The fourth-order valence-electron chi connectivity index (χ4n) is 2.53. The number of ether oxygens (including phenoxy) is 1. The Morgan fingerprint density at radius 1 is 1.00 bits per heavy atom. The van der Waals surface area contributed by atoms with Crippen molar-refractivity contribution in [3.63, 3.8) is 0 Å². The molecule has 0 radical (unpaired) electrons. The van der Waals surface area contributed by atoms with Crippen molar-refractivity contribution in [1.82, 2.24) is 20.0 Å². The average Bonchev–Trinajstić information content (AvgIpc) is 3.03. The third kappa shape index (κ3) is 3.70. The molecule has 2 N–H and O–H groups in total. The van der Waals surface area contributed by atoms with E-state index in [0.29, 0.717) is 11.9 Å². The van der Waals surface area contributed by atoms with Crippen molar-refractivity contribution < 1.29 is 4.74 Å². The van der Waals surface area contributed by atoms with Crippen molar-refractivity contribution in [2.24, 2.45) is 0 Å². The minimum absolute atomic E-state index is 0.602. The molecule has 21 heavy (non-hydrogen) atoms. The second kappa shape index (κ2) is 6.86. The van der Waals surface area contributed by atoms with E-state index in [2.05, 4.69) is 35.6 Å². The van der Waals surface area contributed by atoms with Crippen molar-refractivity contribution in [3.05, 3.63) is 0 Å². The summed E-state index contributed by atoms with van der Waals surface area (Å²) in [7, 11) is 0. The van der Waals surface area contributed by atoms with E-state index >= 15 is 0 Å². The molecular formula is C13H23N7O. The Kier molecular flexibility index (Phi) is 4.66. The maximum Gasteiger partial charge on any atom is 0.244 e. The predicted molar refractivity (Wildman–Crippen MR) is 81.5 cm³/mol. The number of morpholine rings is 1. The van der Waals surface area contributed by atoms with E-state index < -0.39 is 0 Å². The Morgan fingerprint density at radius 2 is 1.71 bits per heavy atom. The van der Waals surface area contributed by atoms with Gasteiger partial charge < -0.3 is 15.0 Å². The summed E-state index contributed by atoms with van der Waals surface area (Å²) in [5.74, 6) is 1.99. The van der Waals surface area contributed by atoms with Crippen LogP contribution in [0.1, 0.15) is 19.8 Å². The highest BCUT2D eigenvalue weighted by Crippen LogP contribution is 2.18. The zero-order valence-corrected chi connectivity index (χ0v) is 12.5. The highest BCUT2D eigenvalue weighted by Gasteiger charge is 2.18. The van der Waals surface area contributed by atoms with E-state index in [1.807, 2.05) is 6.92 Å². The van der Waals surface area contributed by atoms with E-state index in [0.717, 1.165) is 51.9 Å². The standard InChI is InChI=1S/C13H23N7O/c1-2-14-11-15-12(18-20-7-9-21-10-8-20)17-13(16-11)19-5-3-4-6-19/h2-10H2,1H3,(H2,14,15,16,17,18). The number of aromatic nitrogens is 3. The molecule has 1 aromatic heterocycles. The number of anilines is 3. The van der Waals surface area contributed by atoms with Gasteiger partial charge in [-0.3, -0.25) is 5.43 Å². The van der Waals surface area contributed by atoms with Gasteiger partial charge in [0.2, 0.25) is 17.8 Å². The van der Waals surface area contributed by atoms with Gasteiger partial charge in [-0.05, 0) is 19.8 Å². The molecular weight excluding hydrogens is 270 g/mol. The molecule has 116 valence electrons. The highest BCUT2D eigenvalue weighted by molar-refractivity contribution is 5.43. The molecule has 0 aliphatic carbocycles. The lowest BCUT2D eigenvalue weighted by Gasteiger charge is -2.27. The van der Waals surface area contributed by atoms with Crippen LogP contribution in [0.3, 0.4) is 0 Å². The molecule has 1 aromatic rings. The van der Waals surface area contributed by atoms with Crippen LogP contribution in [0.4, 0.5) is 17.8 Å². The first-order valence-electron chi connectivity index (χ1n) is 7.69. The summed E-state index contributed by atoms with van der Waals surface area (Å²) in [5.41, 5.74) is 3.27. The van der Waals surface area contributed by atoms with E-state index in [-0.39, 0.29) is 0 Å². The Hall–Kier alpha value is -1.67. The molecule has 8 heteroatoms. The number of hydrogen-bond donors (Lipinski definition) is 2. The van der Waals surface area contributed by atoms with Gasteiger partial charge in [-0.2, -0.15) is 15.0 Å². The number of nitrogens with one attached hydrogen (secondary N) is 2. The van der Waals surface area contributed by atoms with Gasteiger partial charge in [0.1, 0.15) is 0 Å². The normalized spacial score (nSPS) is 19.8. The molecule has 0 atom stereocenters. The van der Waals surface area contributed by atoms with Crippen molar-refractivity contribution >= 4 is 17.8 Å². The monoisotopic (exact) mass is 293 g/mol. The lowest BCUT2D eigenvalue weighted by molar-refractivity contribution is 0.0492. The lowest BCUT2D eigenvalue weighted by atomic mass is 10.4. The summed E-state index contributed by atoms with van der Waals surface area (Å²) in [6, 6.07) is 0. The lowest BCUT2D eigenvalue weighted by Crippen LogP contribution is -2.41. The summed E-state index contributed by atoms with van der Waals surface area (Å²) < 4.78 is 5.35. The molecule has 2 aliphatic heterocycles. The van der Waals surface area contributed by atoms with Gasteiger partial charge in [-0.25, -0.2) is 5.01 Å². The molecule has 2 saturated heterocycles. The maximum atomic E-state index is 5.35. The molecule has 2 fully saturated rings. The van der Waals surface area contributed by atoms with Crippen LogP contribution >= 0.6 is 0 Å². The van der Waals surface area contributed by atoms with E-state index in [1.165, 1.54) is 12.8 Å². The highest BCUT2D eigenvalue weighted by atomic mass is 16.5. The average molecular weight is 293 g/mol. The summed E-state index contributed by atoms with van der Waals surface area (Å²) in [5, 5.41) is 5.26. The van der Waals surface area contributed by atoms with Crippen molar-refractivity contribution in [3.8, 4) is 0 Å². The van der Waals surface area contributed by atoms with Crippen LogP contribution in [-0.4, -0.2) is 65.9 Å². The first-order chi connectivity index (χ1) is 10.3. The largest absolute Gasteiger partial charge is 0.379 e. The summed E-state index contributed by atoms with van der Waals surface area (Å²) in [6.07, 6.45) is 2.41. The molecule has 0 bridgehead atoms. The van der Waals surface area contributed by atoms with E-state index in [9.17, 15) is 0 Å². The quantitative estimate of drug-likeness (QED) is 0.815. The van der Waals surface area contributed by atoms with E-state index in [1.54, 1.807) is 0 Å². The predicted octanol–water partition coefficient (Wildman–Crippen LogP) is 0.563. The van der Waals surface area contributed by atoms with Gasteiger partial charge in [0.25, 0.3) is 0 Å². The van der Waals surface area contributed by atoms with Gasteiger partial charge >= 0.3 is 0 Å². The minimum Gasteiger partial charge on any atom is -0.379 e. The third-order valence-corrected chi connectivity index (χ3v) is 3.62. The molecule has 0 spiro atoms. The maximum absolute atomic E-state index is 5.35. The van der Waals surface area contributed by atoms with Gasteiger partial charge in [0.15, 0.2) is 0 Å². The zero-order valence-electron chi connectivity index (χ0n) is 12.5. The SMILES string of the molecule is CCNc1nc(NN2CCOCC2)nc(N2CCCC2)n1. The Balaban J connectivity index is 1.76. The number of rotatable bonds is 5. The first kappa shape index (κ1) is 14.3. The number of hydrogen-bond acceptors (Lipinski definition) is 8. The van der Waals surface area contributed by atoms with Gasteiger partial charge in [0, 0.05) is 32.7 Å². The van der Waals surface area contributed by atoms with Crippen LogP contribution in [0, 0.1) is 0 Å². The van der Waals surface area contributed by atoms with Crippen LogP contribution in [0.25, 0.3) is 0 Å². The van der Waals surface area contributed by atoms with Crippen molar-refractivity contribution in [2.45, 2.75) is 19.8 Å². The second-order valence-corrected chi connectivity index (χ2v) is 5.22. The topological polar surface area (TPSA) is 78.4 Å². The van der Waals surface area contributed by atoms with Crippen LogP contribution in [0.5, 0.6) is 0 Å². The summed E-state index contributed by atoms with van der Waals surface area (Å²) >= 11 is 0. The van der Waals surface area contributed by atoms with E-state index in [4.69, 9.17) is 4.74 Å². The summed E-state index contributed by atoms with van der Waals surface area (Å²) in [6.45, 7) is 8.00. The number of nitrogens with zero attached hydrogens (tertiary/aromatic N) is 5. The van der Waals surface area contributed by atoms with Crippen LogP contribution in [0.15, 0.2) is 0 Å². The first-order valence-corrected chi connectivity index (χ1v) is 7.69. The fraction of sp³-hybridized carbons (Fsp3) is 0.769. The fourth-order valence-corrected chi connectivity index (χ4v) is 2.53. The van der Waals surface area contributed by atoms with Gasteiger partial charge in [-0.1, -0.05) is 0 Å². The molecule has 0 unspecified atom stereocenters. The van der Waals surface area contributed by atoms with Gasteiger partial charge in [0.05, 0.1) is 13.2 Å². The molecule has 0 aromatic carbocycles. The molecule has 0 amide bonds. The molecule has 3 heterocycles.